The van der Waals surface area contributed by atoms with E-state index in [1.54, 1.807) is 12.1 Å². The average molecular weight is 378 g/mol. The zero-order chi connectivity index (χ0) is 20.1. The Bertz CT molecular complexity index is 927. The summed E-state index contributed by atoms with van der Waals surface area (Å²) < 4.78 is 0. The van der Waals surface area contributed by atoms with Gasteiger partial charge in [0.1, 0.15) is 11.9 Å². The Hall–Kier alpha value is -3.15. The van der Waals surface area contributed by atoms with E-state index < -0.39 is 6.04 Å². The summed E-state index contributed by atoms with van der Waals surface area (Å²) in [7, 11) is 0. The highest BCUT2D eigenvalue weighted by atomic mass is 16.2. The van der Waals surface area contributed by atoms with Crippen LogP contribution < -0.4 is 10.6 Å². The lowest BCUT2D eigenvalue weighted by molar-refractivity contribution is -0.123. The topological polar surface area (TPSA) is 86.9 Å². The van der Waals surface area contributed by atoms with Crippen molar-refractivity contribution in [2.24, 2.45) is 5.92 Å². The zero-order valence-electron chi connectivity index (χ0n) is 16.5. The van der Waals surface area contributed by atoms with Crippen LogP contribution in [0.3, 0.4) is 0 Å². The van der Waals surface area contributed by atoms with Gasteiger partial charge < -0.3 is 15.6 Å². The van der Waals surface area contributed by atoms with Gasteiger partial charge in [0.15, 0.2) is 0 Å². The molecule has 28 heavy (non-hydrogen) atoms. The average Bonchev–Trinajstić information content (AvgIpc) is 3.08. The minimum atomic E-state index is -0.593. The molecule has 0 aliphatic rings. The van der Waals surface area contributed by atoms with Crippen molar-refractivity contribution in [2.45, 2.75) is 33.2 Å². The third kappa shape index (κ3) is 4.76. The fourth-order valence-electron chi connectivity index (χ4n) is 3.00. The Balaban J connectivity index is 1.56. The largest absolute Gasteiger partial charge is 0.354 e. The van der Waals surface area contributed by atoms with Crippen LogP contribution in [-0.2, 0) is 11.2 Å². The van der Waals surface area contributed by atoms with Gasteiger partial charge in [-0.3, -0.25) is 9.59 Å². The van der Waals surface area contributed by atoms with Gasteiger partial charge in [0.2, 0.25) is 5.91 Å². The van der Waals surface area contributed by atoms with Crippen LogP contribution >= 0.6 is 0 Å². The van der Waals surface area contributed by atoms with Crippen LogP contribution in [0.25, 0.3) is 11.0 Å². The number of carbonyl (C=O) groups is 2. The first kappa shape index (κ1) is 19.6. The molecule has 3 rings (SSSR count). The Morgan fingerprint density at radius 3 is 2.46 bits per heavy atom. The number of para-hydroxylation sites is 2. The van der Waals surface area contributed by atoms with E-state index in [9.17, 15) is 9.59 Å². The number of fused-ring (bicyclic) bond motifs is 1. The first-order valence-corrected chi connectivity index (χ1v) is 9.53. The molecule has 6 nitrogen and oxygen atoms in total. The molecule has 0 saturated heterocycles. The molecule has 1 heterocycles. The first-order chi connectivity index (χ1) is 13.4. The molecule has 0 unspecified atom stereocenters. The van der Waals surface area contributed by atoms with Crippen molar-refractivity contribution in [1.82, 2.24) is 20.6 Å². The molecule has 0 fully saturated rings. The van der Waals surface area contributed by atoms with Crippen molar-refractivity contribution in [3.8, 4) is 0 Å². The van der Waals surface area contributed by atoms with Gasteiger partial charge in [-0.15, -0.1) is 0 Å². The highest BCUT2D eigenvalue weighted by molar-refractivity contribution is 5.97. The Morgan fingerprint density at radius 1 is 1.07 bits per heavy atom. The lowest BCUT2D eigenvalue weighted by Crippen LogP contribution is -2.50. The van der Waals surface area contributed by atoms with Gasteiger partial charge in [0.05, 0.1) is 11.0 Å². The molecule has 2 aromatic carbocycles. The molecule has 0 spiro atoms. The fourth-order valence-corrected chi connectivity index (χ4v) is 3.00. The molecule has 0 aliphatic heterocycles. The summed E-state index contributed by atoms with van der Waals surface area (Å²) in [6.45, 7) is 6.24. The van der Waals surface area contributed by atoms with Crippen LogP contribution in [-0.4, -0.2) is 34.4 Å². The monoisotopic (exact) mass is 378 g/mol. The normalized spacial score (nSPS) is 12.1. The number of aromatic amines is 1. The van der Waals surface area contributed by atoms with Crippen LogP contribution in [0.15, 0.2) is 48.5 Å². The minimum absolute atomic E-state index is 0.0272. The molecule has 146 valence electrons. The van der Waals surface area contributed by atoms with Crippen molar-refractivity contribution >= 4 is 22.8 Å². The third-order valence-corrected chi connectivity index (χ3v) is 4.65. The number of nitrogens with zero attached hydrogens (tertiary/aromatic N) is 1. The second kappa shape index (κ2) is 8.69. The molecule has 0 bridgehead atoms. The van der Waals surface area contributed by atoms with Crippen molar-refractivity contribution in [3.05, 3.63) is 65.5 Å². The number of nitrogens with one attached hydrogen (secondary N) is 3. The van der Waals surface area contributed by atoms with Crippen LogP contribution in [0.5, 0.6) is 0 Å². The number of H-pyrrole nitrogens is 1. The van der Waals surface area contributed by atoms with Gasteiger partial charge in [-0.1, -0.05) is 43.7 Å². The minimum Gasteiger partial charge on any atom is -0.354 e. The maximum Gasteiger partial charge on any atom is 0.251 e. The van der Waals surface area contributed by atoms with Crippen LogP contribution in [0.4, 0.5) is 0 Å². The van der Waals surface area contributed by atoms with E-state index in [0.29, 0.717) is 18.5 Å². The molecular weight excluding hydrogens is 352 g/mol. The summed E-state index contributed by atoms with van der Waals surface area (Å²) in [5, 5.41) is 5.76. The predicted octanol–water partition coefficient (Wildman–Crippen LogP) is 2.98. The SMILES string of the molecule is Cc1ccc(C(=O)N[C@H](C(=O)NCCc2nc3ccccc3[nH]2)C(C)C)cc1. The molecular formula is C22H26N4O2. The standard InChI is InChI=1S/C22H26N4O2/c1-14(2)20(26-21(27)16-10-8-15(3)9-11-16)22(28)23-13-12-19-24-17-6-4-5-7-18(17)25-19/h4-11,14,20H,12-13H2,1-3H3,(H,23,28)(H,24,25)(H,26,27)/t20-/m0/s1. The number of carbonyl (C=O) groups excluding carboxylic acids is 2. The number of amides is 2. The number of imidazole rings is 1. The number of hydrogen-bond acceptors (Lipinski definition) is 3. The molecule has 3 N–H and O–H groups in total. The Morgan fingerprint density at radius 2 is 1.79 bits per heavy atom. The molecule has 1 atom stereocenters. The fraction of sp³-hybridized carbons (Fsp3) is 0.318. The van der Waals surface area contributed by atoms with E-state index in [1.807, 2.05) is 57.2 Å². The highest BCUT2D eigenvalue weighted by Crippen LogP contribution is 2.10. The lowest BCUT2D eigenvalue weighted by Gasteiger charge is -2.21. The number of rotatable bonds is 7. The number of aromatic nitrogens is 2. The van der Waals surface area contributed by atoms with Crippen LogP contribution in [0.1, 0.15) is 35.6 Å². The van der Waals surface area contributed by atoms with Crippen molar-refractivity contribution in [3.63, 3.8) is 0 Å². The number of aryl methyl sites for hydroxylation is 1. The van der Waals surface area contributed by atoms with Gasteiger partial charge in [0, 0.05) is 18.5 Å². The second-order valence-corrected chi connectivity index (χ2v) is 7.30. The van der Waals surface area contributed by atoms with E-state index in [2.05, 4.69) is 20.6 Å². The highest BCUT2D eigenvalue weighted by Gasteiger charge is 2.24. The van der Waals surface area contributed by atoms with E-state index in [-0.39, 0.29) is 17.7 Å². The van der Waals surface area contributed by atoms with Gasteiger partial charge in [-0.25, -0.2) is 4.98 Å². The summed E-state index contributed by atoms with van der Waals surface area (Å²) >= 11 is 0. The molecule has 0 radical (unpaired) electrons. The van der Waals surface area contributed by atoms with E-state index >= 15 is 0 Å². The van der Waals surface area contributed by atoms with Crippen LogP contribution in [0.2, 0.25) is 0 Å². The maximum atomic E-state index is 12.6. The van der Waals surface area contributed by atoms with Gasteiger partial charge in [-0.2, -0.15) is 0 Å². The molecule has 0 saturated carbocycles. The van der Waals surface area contributed by atoms with E-state index in [4.69, 9.17) is 0 Å². The summed E-state index contributed by atoms with van der Waals surface area (Å²) in [4.78, 5) is 32.8. The summed E-state index contributed by atoms with van der Waals surface area (Å²) in [5.41, 5.74) is 3.52. The quantitative estimate of drug-likeness (QED) is 0.591. The lowest BCUT2D eigenvalue weighted by atomic mass is 10.0. The van der Waals surface area contributed by atoms with Crippen molar-refractivity contribution < 1.29 is 9.59 Å². The number of benzene rings is 2. The van der Waals surface area contributed by atoms with E-state index in [1.165, 1.54) is 0 Å². The van der Waals surface area contributed by atoms with E-state index in [0.717, 1.165) is 22.4 Å². The molecule has 2 amide bonds. The Kier molecular flexibility index (Phi) is 6.09. The predicted molar refractivity (Wildman–Crippen MR) is 110 cm³/mol. The number of hydrogen-bond donors (Lipinski definition) is 3. The smallest absolute Gasteiger partial charge is 0.251 e. The van der Waals surface area contributed by atoms with Gasteiger partial charge in [-0.05, 0) is 37.1 Å². The zero-order valence-corrected chi connectivity index (χ0v) is 16.5. The summed E-state index contributed by atoms with van der Waals surface area (Å²) in [6, 6.07) is 14.5. The molecule has 6 heteroatoms. The second-order valence-electron chi connectivity index (χ2n) is 7.30. The van der Waals surface area contributed by atoms with Gasteiger partial charge in [0.25, 0.3) is 5.91 Å². The molecule has 3 aromatic rings. The van der Waals surface area contributed by atoms with Gasteiger partial charge >= 0.3 is 0 Å². The summed E-state index contributed by atoms with van der Waals surface area (Å²) in [5.74, 6) is 0.365. The Labute approximate surface area is 164 Å². The van der Waals surface area contributed by atoms with Crippen molar-refractivity contribution in [1.29, 1.82) is 0 Å². The van der Waals surface area contributed by atoms with Crippen LogP contribution in [0, 0.1) is 12.8 Å². The third-order valence-electron chi connectivity index (χ3n) is 4.65. The molecule has 1 aromatic heterocycles. The van der Waals surface area contributed by atoms with Crippen molar-refractivity contribution in [2.75, 3.05) is 6.54 Å². The summed E-state index contributed by atoms with van der Waals surface area (Å²) in [6.07, 6.45) is 0.594. The maximum absolute atomic E-state index is 12.6. The molecule has 0 aliphatic carbocycles. The first-order valence-electron chi connectivity index (χ1n) is 9.53.